The third kappa shape index (κ3) is 6.24. The molecule has 0 bridgehead atoms. The van der Waals surface area contributed by atoms with E-state index in [1.165, 1.54) is 0 Å². The summed E-state index contributed by atoms with van der Waals surface area (Å²) in [4.78, 5) is 28.6. The Morgan fingerprint density at radius 1 is 0.795 bits per heavy atom. The number of nitrogens with zero attached hydrogens (tertiary/aromatic N) is 3. The Morgan fingerprint density at radius 3 is 2.23 bits per heavy atom. The van der Waals surface area contributed by atoms with Crippen molar-refractivity contribution in [2.75, 3.05) is 18.4 Å². The fourth-order valence-electron chi connectivity index (χ4n) is 4.65. The van der Waals surface area contributed by atoms with E-state index in [0.717, 1.165) is 47.0 Å². The number of carbonyl (C=O) groups is 2. The SMILES string of the molecule is CCCCCN(CC(=O)Nc1cc(-c2ccccc2)nn1-c1ccccc1)C(=O)c1ccc2ccccc2c1. The molecule has 39 heavy (non-hydrogen) atoms. The fraction of sp³-hybridized carbons (Fsp3) is 0.182. The van der Waals surface area contributed by atoms with E-state index >= 15 is 0 Å². The maximum absolute atomic E-state index is 13.6. The smallest absolute Gasteiger partial charge is 0.254 e. The number of unbranched alkanes of at least 4 members (excludes halogenated alkanes) is 2. The summed E-state index contributed by atoms with van der Waals surface area (Å²) in [5, 5.41) is 9.88. The summed E-state index contributed by atoms with van der Waals surface area (Å²) in [7, 11) is 0. The molecule has 196 valence electrons. The maximum atomic E-state index is 13.6. The molecule has 1 aromatic heterocycles. The molecular weight excluding hydrogens is 484 g/mol. The van der Waals surface area contributed by atoms with Gasteiger partial charge in [0.15, 0.2) is 0 Å². The summed E-state index contributed by atoms with van der Waals surface area (Å²) < 4.78 is 1.73. The third-order valence-electron chi connectivity index (χ3n) is 6.70. The van der Waals surface area contributed by atoms with Crippen molar-refractivity contribution in [2.45, 2.75) is 26.2 Å². The fourth-order valence-corrected chi connectivity index (χ4v) is 4.65. The zero-order chi connectivity index (χ0) is 27.0. The van der Waals surface area contributed by atoms with Crippen molar-refractivity contribution in [1.82, 2.24) is 14.7 Å². The van der Waals surface area contributed by atoms with Crippen molar-refractivity contribution >= 4 is 28.4 Å². The lowest BCUT2D eigenvalue weighted by Gasteiger charge is -2.22. The summed E-state index contributed by atoms with van der Waals surface area (Å²) in [6, 6.07) is 35.1. The molecule has 0 aliphatic carbocycles. The van der Waals surface area contributed by atoms with Gasteiger partial charge in [0.2, 0.25) is 5.91 Å². The number of hydrogen-bond acceptors (Lipinski definition) is 3. The van der Waals surface area contributed by atoms with Gasteiger partial charge in [-0.3, -0.25) is 9.59 Å². The van der Waals surface area contributed by atoms with Crippen LogP contribution in [0.5, 0.6) is 0 Å². The lowest BCUT2D eigenvalue weighted by molar-refractivity contribution is -0.117. The molecule has 4 aromatic carbocycles. The van der Waals surface area contributed by atoms with Gasteiger partial charge in [0.25, 0.3) is 5.91 Å². The summed E-state index contributed by atoms with van der Waals surface area (Å²) in [5.74, 6) is 0.141. The van der Waals surface area contributed by atoms with Crippen molar-refractivity contribution in [3.8, 4) is 16.9 Å². The molecule has 0 saturated carbocycles. The number of rotatable bonds is 10. The predicted octanol–water partition coefficient (Wildman–Crippen LogP) is 6.96. The minimum absolute atomic E-state index is 0.0456. The van der Waals surface area contributed by atoms with Gasteiger partial charge < -0.3 is 10.2 Å². The van der Waals surface area contributed by atoms with Crippen molar-refractivity contribution in [3.63, 3.8) is 0 Å². The Kier molecular flexibility index (Phi) is 8.12. The number of para-hydroxylation sites is 1. The number of fused-ring (bicyclic) bond motifs is 1. The van der Waals surface area contributed by atoms with Crippen LogP contribution in [-0.2, 0) is 4.79 Å². The first-order valence-corrected chi connectivity index (χ1v) is 13.4. The molecule has 0 atom stereocenters. The van der Waals surface area contributed by atoms with Gasteiger partial charge in [0.05, 0.1) is 11.4 Å². The molecule has 1 N–H and O–H groups in total. The van der Waals surface area contributed by atoms with Gasteiger partial charge in [0, 0.05) is 23.7 Å². The Bertz CT molecular complexity index is 1560. The molecule has 0 radical (unpaired) electrons. The van der Waals surface area contributed by atoms with E-state index in [9.17, 15) is 9.59 Å². The highest BCUT2D eigenvalue weighted by Gasteiger charge is 2.21. The standard InChI is InChI=1S/C33H32N4O2/c1-2-3-12-21-36(33(39)28-20-19-25-13-10-11-16-27(25)22-28)24-32(38)34-31-23-30(26-14-6-4-7-15-26)35-37(31)29-17-8-5-9-18-29/h4-11,13-20,22-23H,2-3,12,21,24H2,1H3,(H,34,38). The van der Waals surface area contributed by atoms with Crippen LogP contribution < -0.4 is 5.32 Å². The highest BCUT2D eigenvalue weighted by Crippen LogP contribution is 2.25. The van der Waals surface area contributed by atoms with E-state index in [1.54, 1.807) is 9.58 Å². The maximum Gasteiger partial charge on any atom is 0.254 e. The molecular formula is C33H32N4O2. The number of amides is 2. The summed E-state index contributed by atoms with van der Waals surface area (Å²) >= 11 is 0. The van der Waals surface area contributed by atoms with Crippen molar-refractivity contribution in [3.05, 3.63) is 115 Å². The summed E-state index contributed by atoms with van der Waals surface area (Å²) in [6.45, 7) is 2.59. The zero-order valence-electron chi connectivity index (χ0n) is 22.1. The first kappa shape index (κ1) is 25.9. The van der Waals surface area contributed by atoms with E-state index < -0.39 is 0 Å². The molecule has 0 fully saturated rings. The van der Waals surface area contributed by atoms with Gasteiger partial charge >= 0.3 is 0 Å². The van der Waals surface area contributed by atoms with E-state index in [-0.39, 0.29) is 18.4 Å². The average molecular weight is 517 g/mol. The second-order valence-electron chi connectivity index (χ2n) is 9.57. The Balaban J connectivity index is 1.39. The molecule has 0 aliphatic heterocycles. The van der Waals surface area contributed by atoms with Gasteiger partial charge in [-0.05, 0) is 41.5 Å². The number of hydrogen-bond donors (Lipinski definition) is 1. The van der Waals surface area contributed by atoms with Crippen LogP contribution in [-0.4, -0.2) is 39.6 Å². The van der Waals surface area contributed by atoms with Gasteiger partial charge in [0.1, 0.15) is 12.4 Å². The van der Waals surface area contributed by atoms with E-state index in [2.05, 4.69) is 12.2 Å². The molecule has 5 aromatic rings. The first-order valence-electron chi connectivity index (χ1n) is 13.4. The largest absolute Gasteiger partial charge is 0.329 e. The van der Waals surface area contributed by atoms with Crippen LogP contribution in [0, 0.1) is 0 Å². The van der Waals surface area contributed by atoms with E-state index in [4.69, 9.17) is 5.10 Å². The zero-order valence-corrected chi connectivity index (χ0v) is 22.1. The molecule has 6 nitrogen and oxygen atoms in total. The molecule has 0 aliphatic rings. The second kappa shape index (κ2) is 12.2. The van der Waals surface area contributed by atoms with Crippen LogP contribution in [0.3, 0.4) is 0 Å². The normalized spacial score (nSPS) is 10.9. The third-order valence-corrected chi connectivity index (χ3v) is 6.70. The second-order valence-corrected chi connectivity index (χ2v) is 9.57. The van der Waals surface area contributed by atoms with Crippen LogP contribution in [0.1, 0.15) is 36.5 Å². The van der Waals surface area contributed by atoms with Crippen LogP contribution in [0.25, 0.3) is 27.7 Å². The summed E-state index contributed by atoms with van der Waals surface area (Å²) in [6.07, 6.45) is 2.86. The number of benzene rings is 4. The van der Waals surface area contributed by atoms with Crippen LogP contribution in [0.15, 0.2) is 109 Å². The highest BCUT2D eigenvalue weighted by atomic mass is 16.2. The Labute approximate surface area is 228 Å². The van der Waals surface area contributed by atoms with Gasteiger partial charge in [-0.15, -0.1) is 0 Å². The molecule has 5 rings (SSSR count). The van der Waals surface area contributed by atoms with Gasteiger partial charge in [-0.1, -0.05) is 98.6 Å². The van der Waals surface area contributed by atoms with Crippen LogP contribution in [0.2, 0.25) is 0 Å². The molecule has 2 amide bonds. The quantitative estimate of drug-likeness (QED) is 0.204. The van der Waals surface area contributed by atoms with Crippen molar-refractivity contribution in [2.24, 2.45) is 0 Å². The lowest BCUT2D eigenvalue weighted by Crippen LogP contribution is -2.39. The van der Waals surface area contributed by atoms with Crippen molar-refractivity contribution < 1.29 is 9.59 Å². The Morgan fingerprint density at radius 2 is 1.49 bits per heavy atom. The first-order chi connectivity index (χ1) is 19.1. The van der Waals surface area contributed by atoms with E-state index in [1.807, 2.05) is 109 Å². The number of aromatic nitrogens is 2. The van der Waals surface area contributed by atoms with Gasteiger partial charge in [-0.2, -0.15) is 5.10 Å². The van der Waals surface area contributed by atoms with Gasteiger partial charge in [-0.25, -0.2) is 4.68 Å². The number of carbonyl (C=O) groups excluding carboxylic acids is 2. The lowest BCUT2D eigenvalue weighted by atomic mass is 10.1. The molecule has 0 saturated heterocycles. The minimum Gasteiger partial charge on any atom is -0.329 e. The Hall–Kier alpha value is -4.71. The minimum atomic E-state index is -0.266. The monoisotopic (exact) mass is 516 g/mol. The van der Waals surface area contributed by atoms with Crippen LogP contribution >= 0.6 is 0 Å². The highest BCUT2D eigenvalue weighted by molar-refractivity contribution is 6.01. The predicted molar refractivity (Wildman–Crippen MR) is 157 cm³/mol. The average Bonchev–Trinajstić information content (AvgIpc) is 3.40. The topological polar surface area (TPSA) is 67.2 Å². The van der Waals surface area contributed by atoms with Crippen molar-refractivity contribution in [1.29, 1.82) is 0 Å². The summed E-state index contributed by atoms with van der Waals surface area (Å²) in [5.41, 5.74) is 3.12. The molecule has 0 spiro atoms. The number of anilines is 1. The molecule has 1 heterocycles. The van der Waals surface area contributed by atoms with Crippen LogP contribution in [0.4, 0.5) is 5.82 Å². The molecule has 6 heteroatoms. The molecule has 0 unspecified atom stereocenters. The number of nitrogens with one attached hydrogen (secondary N) is 1. The van der Waals surface area contributed by atoms with E-state index in [0.29, 0.717) is 17.9 Å².